The van der Waals surface area contributed by atoms with Crippen LogP contribution in [-0.2, 0) is 7.05 Å². The molecule has 2 heterocycles. The number of methoxy groups -OCH3 is 2. The first kappa shape index (κ1) is 19.1. The summed E-state index contributed by atoms with van der Waals surface area (Å²) in [5.74, 6) is 0.996. The fraction of sp³-hybridized carbons (Fsp3) is 0.160. The van der Waals surface area contributed by atoms with Gasteiger partial charge in [0.1, 0.15) is 11.4 Å². The lowest BCUT2D eigenvalue weighted by Crippen LogP contribution is -2.29. The second-order valence-electron chi connectivity index (χ2n) is 7.55. The van der Waals surface area contributed by atoms with Crippen LogP contribution < -0.4 is 14.4 Å². The predicted octanol–water partition coefficient (Wildman–Crippen LogP) is 4.65. The molecular weight excluding hydrogens is 392 g/mol. The molecule has 1 aromatic heterocycles. The van der Waals surface area contributed by atoms with E-state index in [0.29, 0.717) is 17.2 Å². The number of benzene rings is 3. The number of hydrogen-bond donors (Lipinski definition) is 1. The number of ether oxygens (including phenoxy) is 2. The lowest BCUT2D eigenvalue weighted by Gasteiger charge is -2.27. The van der Waals surface area contributed by atoms with Crippen molar-refractivity contribution in [1.29, 1.82) is 0 Å². The Morgan fingerprint density at radius 1 is 0.935 bits per heavy atom. The minimum Gasteiger partial charge on any atom is -0.504 e. The van der Waals surface area contributed by atoms with Gasteiger partial charge in [-0.25, -0.2) is 0 Å². The van der Waals surface area contributed by atoms with Crippen molar-refractivity contribution in [3.8, 4) is 17.2 Å². The van der Waals surface area contributed by atoms with Crippen molar-refractivity contribution >= 4 is 22.5 Å². The SMILES string of the molecule is COc1cccc(N2C(=O)c3c(c4ccccc4n3C)C2c2ccc(OC)c(O)c2)c1. The summed E-state index contributed by atoms with van der Waals surface area (Å²) < 4.78 is 12.6. The molecule has 0 fully saturated rings. The van der Waals surface area contributed by atoms with Crippen molar-refractivity contribution < 1.29 is 19.4 Å². The van der Waals surface area contributed by atoms with E-state index in [0.717, 1.165) is 27.7 Å². The highest BCUT2D eigenvalue weighted by atomic mass is 16.5. The number of carbonyl (C=O) groups is 1. The predicted molar refractivity (Wildman–Crippen MR) is 119 cm³/mol. The van der Waals surface area contributed by atoms with Crippen LogP contribution in [0.15, 0.2) is 66.7 Å². The van der Waals surface area contributed by atoms with Gasteiger partial charge >= 0.3 is 0 Å². The summed E-state index contributed by atoms with van der Waals surface area (Å²) >= 11 is 0. The zero-order chi connectivity index (χ0) is 21.7. The Kier molecular flexibility index (Phi) is 4.36. The molecule has 6 heteroatoms. The van der Waals surface area contributed by atoms with Gasteiger partial charge in [-0.3, -0.25) is 9.69 Å². The number of hydrogen-bond acceptors (Lipinski definition) is 4. The normalized spacial score (nSPS) is 15.4. The van der Waals surface area contributed by atoms with Crippen LogP contribution in [0, 0.1) is 0 Å². The molecule has 31 heavy (non-hydrogen) atoms. The molecule has 1 unspecified atom stereocenters. The molecule has 1 aliphatic rings. The maximum absolute atomic E-state index is 13.8. The largest absolute Gasteiger partial charge is 0.504 e. The van der Waals surface area contributed by atoms with Crippen LogP contribution in [0.2, 0.25) is 0 Å². The number of anilines is 1. The Labute approximate surface area is 179 Å². The minimum absolute atomic E-state index is 0.0340. The highest BCUT2D eigenvalue weighted by Gasteiger charge is 2.43. The Bertz CT molecular complexity index is 1320. The average Bonchev–Trinajstić information content (AvgIpc) is 3.26. The number of phenols is 1. The number of carbonyl (C=O) groups excluding carboxylic acids is 1. The van der Waals surface area contributed by atoms with Gasteiger partial charge in [0.05, 0.1) is 20.3 Å². The summed E-state index contributed by atoms with van der Waals surface area (Å²) in [6, 6.07) is 20.3. The molecule has 5 rings (SSSR count). The van der Waals surface area contributed by atoms with Gasteiger partial charge in [-0.2, -0.15) is 0 Å². The van der Waals surface area contributed by atoms with E-state index < -0.39 is 6.04 Å². The molecule has 1 amide bonds. The summed E-state index contributed by atoms with van der Waals surface area (Å²) in [5, 5.41) is 11.5. The number of fused-ring (bicyclic) bond motifs is 3. The Balaban J connectivity index is 1.79. The summed E-state index contributed by atoms with van der Waals surface area (Å²) in [4.78, 5) is 15.5. The molecule has 0 radical (unpaired) electrons. The molecule has 0 saturated carbocycles. The van der Waals surface area contributed by atoms with Crippen LogP contribution in [-0.4, -0.2) is 29.8 Å². The smallest absolute Gasteiger partial charge is 0.276 e. The molecule has 1 aliphatic heterocycles. The van der Waals surface area contributed by atoms with Crippen LogP contribution in [0.1, 0.15) is 27.7 Å². The van der Waals surface area contributed by atoms with Crippen LogP contribution >= 0.6 is 0 Å². The first-order valence-electron chi connectivity index (χ1n) is 9.97. The zero-order valence-electron chi connectivity index (χ0n) is 17.5. The highest BCUT2D eigenvalue weighted by Crippen LogP contribution is 2.47. The van der Waals surface area contributed by atoms with Gasteiger partial charge in [-0.1, -0.05) is 30.3 Å². The molecule has 6 nitrogen and oxygen atoms in total. The van der Waals surface area contributed by atoms with E-state index in [1.54, 1.807) is 24.1 Å². The van der Waals surface area contributed by atoms with Crippen molar-refractivity contribution in [2.75, 3.05) is 19.1 Å². The summed E-state index contributed by atoms with van der Waals surface area (Å²) in [6.45, 7) is 0. The quantitative estimate of drug-likeness (QED) is 0.528. The number of rotatable bonds is 4. The lowest BCUT2D eigenvalue weighted by molar-refractivity contribution is 0.0986. The third-order valence-corrected chi connectivity index (χ3v) is 5.95. The lowest BCUT2D eigenvalue weighted by atomic mass is 9.97. The third kappa shape index (κ3) is 2.75. The molecule has 0 bridgehead atoms. The fourth-order valence-corrected chi connectivity index (χ4v) is 4.54. The van der Waals surface area contributed by atoms with E-state index in [-0.39, 0.29) is 11.7 Å². The maximum Gasteiger partial charge on any atom is 0.276 e. The van der Waals surface area contributed by atoms with Crippen molar-refractivity contribution in [2.45, 2.75) is 6.04 Å². The Morgan fingerprint density at radius 3 is 2.48 bits per heavy atom. The van der Waals surface area contributed by atoms with E-state index in [1.807, 2.05) is 66.2 Å². The molecule has 3 aromatic carbocycles. The number of aryl methyl sites for hydroxylation is 1. The van der Waals surface area contributed by atoms with E-state index in [4.69, 9.17) is 9.47 Å². The minimum atomic E-state index is -0.405. The summed E-state index contributed by atoms with van der Waals surface area (Å²) in [5.41, 5.74) is 4.09. The van der Waals surface area contributed by atoms with Crippen molar-refractivity contribution in [3.63, 3.8) is 0 Å². The van der Waals surface area contributed by atoms with Crippen molar-refractivity contribution in [2.24, 2.45) is 7.05 Å². The van der Waals surface area contributed by atoms with Crippen LogP contribution in [0.25, 0.3) is 10.9 Å². The first-order chi connectivity index (χ1) is 15.0. The molecule has 0 saturated heterocycles. The summed E-state index contributed by atoms with van der Waals surface area (Å²) in [7, 11) is 5.03. The maximum atomic E-state index is 13.8. The second-order valence-corrected chi connectivity index (χ2v) is 7.55. The monoisotopic (exact) mass is 414 g/mol. The Hall–Kier alpha value is -3.93. The van der Waals surface area contributed by atoms with Gasteiger partial charge in [-0.15, -0.1) is 0 Å². The molecule has 1 N–H and O–H groups in total. The van der Waals surface area contributed by atoms with Gasteiger partial charge in [0.25, 0.3) is 5.91 Å². The number of aromatic hydroxyl groups is 1. The van der Waals surface area contributed by atoms with E-state index in [1.165, 1.54) is 7.11 Å². The second kappa shape index (κ2) is 7.09. The number of phenolic OH excluding ortho intramolecular Hbond substituents is 1. The third-order valence-electron chi connectivity index (χ3n) is 5.95. The van der Waals surface area contributed by atoms with Crippen molar-refractivity contribution in [1.82, 2.24) is 4.57 Å². The molecule has 4 aromatic rings. The fourth-order valence-electron chi connectivity index (χ4n) is 4.54. The molecule has 156 valence electrons. The molecule has 0 spiro atoms. The van der Waals surface area contributed by atoms with E-state index >= 15 is 0 Å². The van der Waals surface area contributed by atoms with Crippen LogP contribution in [0.3, 0.4) is 0 Å². The van der Waals surface area contributed by atoms with E-state index in [9.17, 15) is 9.90 Å². The van der Waals surface area contributed by atoms with Gasteiger partial charge in [-0.05, 0) is 35.9 Å². The van der Waals surface area contributed by atoms with Crippen LogP contribution in [0.5, 0.6) is 17.2 Å². The summed E-state index contributed by atoms with van der Waals surface area (Å²) in [6.07, 6.45) is 0. The topological polar surface area (TPSA) is 63.9 Å². The van der Waals surface area contributed by atoms with Gasteiger partial charge in [0, 0.05) is 35.3 Å². The van der Waals surface area contributed by atoms with E-state index in [2.05, 4.69) is 0 Å². The number of aromatic nitrogens is 1. The standard InChI is InChI=1S/C25H22N2O4/c1-26-19-10-5-4-9-18(19)22-23(15-11-12-21(31-3)20(28)13-15)27(25(29)24(22)26)16-7-6-8-17(14-16)30-2/h4-14,23,28H,1-3H3. The molecule has 1 atom stereocenters. The Morgan fingerprint density at radius 2 is 1.74 bits per heavy atom. The number of amides is 1. The zero-order valence-corrected chi connectivity index (χ0v) is 17.5. The van der Waals surface area contributed by atoms with Gasteiger partial charge in [0.15, 0.2) is 11.5 Å². The first-order valence-corrected chi connectivity index (χ1v) is 9.97. The van der Waals surface area contributed by atoms with Crippen molar-refractivity contribution in [3.05, 3.63) is 83.6 Å². The van der Waals surface area contributed by atoms with Crippen LogP contribution in [0.4, 0.5) is 5.69 Å². The highest BCUT2D eigenvalue weighted by molar-refractivity contribution is 6.15. The van der Waals surface area contributed by atoms with Gasteiger partial charge < -0.3 is 19.1 Å². The number of para-hydroxylation sites is 1. The number of nitrogens with zero attached hydrogens (tertiary/aromatic N) is 2. The average molecular weight is 414 g/mol. The van der Waals surface area contributed by atoms with Gasteiger partial charge in [0.2, 0.25) is 0 Å². The molecule has 0 aliphatic carbocycles. The molecular formula is C25H22N2O4.